The van der Waals surface area contributed by atoms with E-state index in [1.165, 1.54) is 5.56 Å². The fourth-order valence-corrected chi connectivity index (χ4v) is 3.00. The first kappa shape index (κ1) is 12.6. The Hall–Kier alpha value is -1.39. The zero-order chi connectivity index (χ0) is 13.4. The van der Waals surface area contributed by atoms with E-state index in [0.717, 1.165) is 31.7 Å². The van der Waals surface area contributed by atoms with Crippen molar-refractivity contribution >= 4 is 5.91 Å². The van der Waals surface area contributed by atoms with Crippen molar-refractivity contribution in [3.63, 3.8) is 0 Å². The monoisotopic (exact) mass is 259 g/mol. The topological polar surface area (TPSA) is 35.6 Å². The van der Waals surface area contributed by atoms with Crippen molar-refractivity contribution in [2.75, 3.05) is 33.2 Å². The third-order valence-electron chi connectivity index (χ3n) is 4.18. The van der Waals surface area contributed by atoms with E-state index in [1.54, 1.807) is 0 Å². The quantitative estimate of drug-likeness (QED) is 0.809. The lowest BCUT2D eigenvalue weighted by atomic mass is 9.98. The summed E-state index contributed by atoms with van der Waals surface area (Å²) in [6, 6.07) is 8.41. The van der Waals surface area contributed by atoms with Crippen LogP contribution in [0.3, 0.4) is 0 Å². The number of amides is 1. The molecule has 0 saturated carbocycles. The third-order valence-corrected chi connectivity index (χ3v) is 4.18. The maximum absolute atomic E-state index is 12.6. The van der Waals surface area contributed by atoms with Gasteiger partial charge in [-0.05, 0) is 19.5 Å². The standard InChI is InChI=1S/C15H21N3O/c1-11-3-5-12(6-4-11)14-15(19)18-8-7-17(2)10-13(18)9-16-14/h3-6,13-14,16H,7-10H2,1-2H3. The van der Waals surface area contributed by atoms with Crippen molar-refractivity contribution in [3.05, 3.63) is 35.4 Å². The second-order valence-electron chi connectivity index (χ2n) is 5.70. The number of benzene rings is 1. The zero-order valence-corrected chi connectivity index (χ0v) is 11.6. The Morgan fingerprint density at radius 3 is 2.68 bits per heavy atom. The lowest BCUT2D eigenvalue weighted by Gasteiger charge is -2.45. The Bertz CT molecular complexity index is 471. The first-order valence-corrected chi connectivity index (χ1v) is 6.94. The Kier molecular flexibility index (Phi) is 3.29. The first-order valence-electron chi connectivity index (χ1n) is 6.94. The van der Waals surface area contributed by atoms with Gasteiger partial charge in [0.05, 0.1) is 6.04 Å². The molecule has 2 saturated heterocycles. The van der Waals surface area contributed by atoms with Gasteiger partial charge in [-0.2, -0.15) is 0 Å². The minimum atomic E-state index is -0.166. The van der Waals surface area contributed by atoms with Crippen molar-refractivity contribution in [2.45, 2.75) is 19.0 Å². The molecule has 2 fully saturated rings. The largest absolute Gasteiger partial charge is 0.334 e. The van der Waals surface area contributed by atoms with Gasteiger partial charge >= 0.3 is 0 Å². The van der Waals surface area contributed by atoms with Crippen molar-refractivity contribution in [1.29, 1.82) is 0 Å². The number of nitrogens with one attached hydrogen (secondary N) is 1. The summed E-state index contributed by atoms with van der Waals surface area (Å²) >= 11 is 0. The summed E-state index contributed by atoms with van der Waals surface area (Å²) in [7, 11) is 2.12. The molecule has 4 heteroatoms. The average molecular weight is 259 g/mol. The highest BCUT2D eigenvalue weighted by Crippen LogP contribution is 2.23. The Morgan fingerprint density at radius 2 is 1.95 bits per heavy atom. The molecule has 1 amide bonds. The predicted octanol–water partition coefficient (Wildman–Crippen LogP) is 0.782. The highest BCUT2D eigenvalue weighted by atomic mass is 16.2. The molecule has 0 radical (unpaired) electrons. The summed E-state index contributed by atoms with van der Waals surface area (Å²) in [5.74, 6) is 0.230. The van der Waals surface area contributed by atoms with Crippen LogP contribution in [-0.2, 0) is 4.79 Å². The van der Waals surface area contributed by atoms with Crippen LogP contribution in [0.4, 0.5) is 0 Å². The summed E-state index contributed by atoms with van der Waals surface area (Å²) in [4.78, 5) is 16.9. The van der Waals surface area contributed by atoms with Gasteiger partial charge in [-0.15, -0.1) is 0 Å². The minimum absolute atomic E-state index is 0.166. The third kappa shape index (κ3) is 2.38. The number of carbonyl (C=O) groups excluding carboxylic acids is 1. The highest BCUT2D eigenvalue weighted by Gasteiger charge is 2.37. The number of likely N-dealkylation sites (N-methyl/N-ethyl adjacent to an activating group) is 1. The van der Waals surface area contributed by atoms with E-state index in [1.807, 2.05) is 0 Å². The van der Waals surface area contributed by atoms with Crippen molar-refractivity contribution < 1.29 is 4.79 Å². The number of hydrogen-bond acceptors (Lipinski definition) is 3. The van der Waals surface area contributed by atoms with Crippen LogP contribution >= 0.6 is 0 Å². The number of carbonyl (C=O) groups is 1. The molecule has 2 unspecified atom stereocenters. The molecule has 2 aliphatic heterocycles. The van der Waals surface area contributed by atoms with Gasteiger partial charge in [0.25, 0.3) is 0 Å². The molecule has 1 aromatic carbocycles. The number of hydrogen-bond donors (Lipinski definition) is 1. The maximum atomic E-state index is 12.6. The highest BCUT2D eigenvalue weighted by molar-refractivity contribution is 5.84. The maximum Gasteiger partial charge on any atom is 0.244 e. The molecule has 1 aromatic rings. The SMILES string of the molecule is Cc1ccc(C2NCC3CN(C)CCN3C2=O)cc1. The van der Waals surface area contributed by atoms with Gasteiger partial charge in [0.1, 0.15) is 6.04 Å². The molecular formula is C15H21N3O. The first-order chi connectivity index (χ1) is 9.15. The predicted molar refractivity (Wildman–Crippen MR) is 74.9 cm³/mol. The van der Waals surface area contributed by atoms with Crippen LogP contribution in [0.15, 0.2) is 24.3 Å². The molecule has 0 aromatic heterocycles. The van der Waals surface area contributed by atoms with E-state index < -0.39 is 0 Å². The Labute approximate surface area is 114 Å². The lowest BCUT2D eigenvalue weighted by Crippen LogP contribution is -2.63. The van der Waals surface area contributed by atoms with E-state index in [9.17, 15) is 4.79 Å². The summed E-state index contributed by atoms with van der Waals surface area (Å²) in [5.41, 5.74) is 2.30. The molecule has 2 atom stereocenters. The van der Waals surface area contributed by atoms with Crippen LogP contribution in [-0.4, -0.2) is 55.0 Å². The van der Waals surface area contributed by atoms with Crippen molar-refractivity contribution in [1.82, 2.24) is 15.1 Å². The van der Waals surface area contributed by atoms with Crippen LogP contribution in [0.2, 0.25) is 0 Å². The van der Waals surface area contributed by atoms with Gasteiger partial charge < -0.3 is 15.1 Å². The van der Waals surface area contributed by atoms with Crippen LogP contribution < -0.4 is 5.32 Å². The smallest absolute Gasteiger partial charge is 0.244 e. The molecule has 1 N–H and O–H groups in total. The lowest BCUT2D eigenvalue weighted by molar-refractivity contribution is -0.141. The molecule has 19 heavy (non-hydrogen) atoms. The normalized spacial score (nSPS) is 28.3. The van der Waals surface area contributed by atoms with Crippen molar-refractivity contribution in [3.8, 4) is 0 Å². The average Bonchev–Trinajstić information content (AvgIpc) is 2.40. The molecule has 0 spiro atoms. The number of piperazine rings is 2. The van der Waals surface area contributed by atoms with Gasteiger partial charge in [0.2, 0.25) is 5.91 Å². The van der Waals surface area contributed by atoms with Gasteiger partial charge in [0, 0.05) is 26.2 Å². The van der Waals surface area contributed by atoms with E-state index in [4.69, 9.17) is 0 Å². The molecule has 2 aliphatic rings. The summed E-state index contributed by atoms with van der Waals surface area (Å²) in [6.07, 6.45) is 0. The number of aryl methyl sites for hydroxylation is 1. The molecular weight excluding hydrogens is 238 g/mol. The van der Waals surface area contributed by atoms with Gasteiger partial charge in [0.15, 0.2) is 0 Å². The van der Waals surface area contributed by atoms with E-state index in [-0.39, 0.29) is 11.9 Å². The molecule has 0 bridgehead atoms. The Morgan fingerprint density at radius 1 is 1.21 bits per heavy atom. The molecule has 0 aliphatic carbocycles. The van der Waals surface area contributed by atoms with Gasteiger partial charge in [-0.3, -0.25) is 4.79 Å². The molecule has 102 valence electrons. The van der Waals surface area contributed by atoms with Crippen LogP contribution in [0.25, 0.3) is 0 Å². The van der Waals surface area contributed by atoms with Crippen LogP contribution in [0.1, 0.15) is 17.2 Å². The fourth-order valence-electron chi connectivity index (χ4n) is 3.00. The van der Waals surface area contributed by atoms with Crippen LogP contribution in [0, 0.1) is 6.92 Å². The van der Waals surface area contributed by atoms with E-state index >= 15 is 0 Å². The minimum Gasteiger partial charge on any atom is -0.334 e. The van der Waals surface area contributed by atoms with Gasteiger partial charge in [-0.25, -0.2) is 0 Å². The van der Waals surface area contributed by atoms with Gasteiger partial charge in [-0.1, -0.05) is 29.8 Å². The molecule has 4 nitrogen and oxygen atoms in total. The second kappa shape index (κ2) is 4.94. The fraction of sp³-hybridized carbons (Fsp3) is 0.533. The van der Waals surface area contributed by atoms with Crippen LogP contribution in [0.5, 0.6) is 0 Å². The summed E-state index contributed by atoms with van der Waals surface area (Å²) in [5, 5.41) is 3.41. The Balaban J connectivity index is 1.79. The number of rotatable bonds is 1. The van der Waals surface area contributed by atoms with E-state index in [0.29, 0.717) is 6.04 Å². The second-order valence-corrected chi connectivity index (χ2v) is 5.70. The zero-order valence-electron chi connectivity index (χ0n) is 11.6. The molecule has 3 rings (SSSR count). The summed E-state index contributed by atoms with van der Waals surface area (Å²) in [6.45, 7) is 5.75. The van der Waals surface area contributed by atoms with E-state index in [2.05, 4.69) is 53.4 Å². The number of nitrogens with zero attached hydrogens (tertiary/aromatic N) is 2. The summed E-state index contributed by atoms with van der Waals surface area (Å²) < 4.78 is 0. The number of fused-ring (bicyclic) bond motifs is 1. The molecule has 2 heterocycles. The van der Waals surface area contributed by atoms with Crippen molar-refractivity contribution in [2.24, 2.45) is 0 Å².